The molecule has 0 unspecified atom stereocenters. The van der Waals surface area contributed by atoms with Crippen LogP contribution in [0.15, 0.2) is 70.2 Å². The minimum atomic E-state index is -3.27. The van der Waals surface area contributed by atoms with E-state index in [-0.39, 0.29) is 11.2 Å². The van der Waals surface area contributed by atoms with E-state index in [9.17, 15) is 8.42 Å². The molecule has 2 aliphatic rings. The Balaban J connectivity index is 1.47. The van der Waals surface area contributed by atoms with Crippen molar-refractivity contribution in [3.63, 3.8) is 0 Å². The molecule has 1 saturated heterocycles. The summed E-state index contributed by atoms with van der Waals surface area (Å²) in [5, 5.41) is -0.343. The van der Waals surface area contributed by atoms with Gasteiger partial charge in [-0.2, -0.15) is 0 Å². The third kappa shape index (κ3) is 2.73. The Morgan fingerprint density at radius 1 is 1.07 bits per heavy atom. The van der Waals surface area contributed by atoms with Crippen LogP contribution in [0, 0.1) is 6.92 Å². The molecule has 0 amide bonds. The fourth-order valence-electron chi connectivity index (χ4n) is 4.52. The van der Waals surface area contributed by atoms with Crippen LogP contribution < -0.4 is 0 Å². The molecule has 3 aromatic rings. The molecule has 0 N–H and O–H groups in total. The van der Waals surface area contributed by atoms with E-state index in [2.05, 4.69) is 36.1 Å². The van der Waals surface area contributed by atoms with Gasteiger partial charge in [-0.25, -0.2) is 8.42 Å². The maximum absolute atomic E-state index is 13.1. The largest absolute Gasteiger partial charge is 0.464 e. The Kier molecular flexibility index (Phi) is 3.78. The number of benzene rings is 2. The molecule has 2 aromatic carbocycles. The zero-order valence-corrected chi connectivity index (χ0v) is 15.9. The molecule has 0 bridgehead atoms. The highest BCUT2D eigenvalue weighted by atomic mass is 32.2. The average Bonchev–Trinajstić information content (AvgIpc) is 3.34. The molecule has 0 radical (unpaired) electrons. The summed E-state index contributed by atoms with van der Waals surface area (Å²) in [7, 11) is -3.27. The molecule has 2 atom stereocenters. The van der Waals surface area contributed by atoms with Crippen molar-refractivity contribution in [1.82, 2.24) is 4.90 Å². The van der Waals surface area contributed by atoms with Gasteiger partial charge in [0.1, 0.15) is 5.76 Å². The molecule has 27 heavy (non-hydrogen) atoms. The molecule has 1 fully saturated rings. The quantitative estimate of drug-likeness (QED) is 0.690. The standard InChI is InChI=1S/C22H21NO3S/c1-15-4-2-5-16(10-15)12-23-13-19-18-11-17(20-6-3-9-26-20)7-8-21(18)27(24,25)22(19)14-23/h2-11,19,22H,12-14H2,1H3/t19-,22+/m0/s1. The van der Waals surface area contributed by atoms with Crippen LogP contribution in [0.2, 0.25) is 0 Å². The van der Waals surface area contributed by atoms with Crippen LogP contribution in [-0.4, -0.2) is 31.7 Å². The summed E-state index contributed by atoms with van der Waals surface area (Å²) in [6, 6.07) is 17.8. The van der Waals surface area contributed by atoms with Crippen molar-refractivity contribution >= 4 is 9.84 Å². The molecule has 0 spiro atoms. The SMILES string of the molecule is Cc1cccc(CN2C[C@@H]3[C@@H](C2)c2cc(-c4ccco4)ccc2S3(=O)=O)c1. The summed E-state index contributed by atoms with van der Waals surface area (Å²) >= 11 is 0. The first kappa shape index (κ1) is 16.8. The Morgan fingerprint density at radius 3 is 2.74 bits per heavy atom. The zero-order valence-electron chi connectivity index (χ0n) is 15.1. The number of hydrogen-bond acceptors (Lipinski definition) is 4. The Bertz CT molecular complexity index is 1100. The molecule has 2 aliphatic heterocycles. The van der Waals surface area contributed by atoms with Crippen LogP contribution in [-0.2, 0) is 16.4 Å². The third-order valence-corrected chi connectivity index (χ3v) is 8.01. The van der Waals surface area contributed by atoms with Crippen molar-refractivity contribution in [2.24, 2.45) is 0 Å². The fraction of sp³-hybridized carbons (Fsp3) is 0.273. The summed E-state index contributed by atoms with van der Waals surface area (Å²) in [6.07, 6.45) is 1.64. The molecule has 5 rings (SSSR count). The second-order valence-electron chi connectivity index (χ2n) is 7.60. The number of rotatable bonds is 3. The highest BCUT2D eigenvalue weighted by molar-refractivity contribution is 7.92. The molecular formula is C22H21NO3S. The van der Waals surface area contributed by atoms with E-state index >= 15 is 0 Å². The maximum atomic E-state index is 13.1. The van der Waals surface area contributed by atoms with Crippen molar-refractivity contribution < 1.29 is 12.8 Å². The number of nitrogens with zero attached hydrogens (tertiary/aromatic N) is 1. The first-order chi connectivity index (χ1) is 13.0. The fourth-order valence-corrected chi connectivity index (χ4v) is 6.71. The normalized spacial score (nSPS) is 23.3. The van der Waals surface area contributed by atoms with Gasteiger partial charge in [0.15, 0.2) is 9.84 Å². The van der Waals surface area contributed by atoms with Crippen LogP contribution in [0.1, 0.15) is 22.6 Å². The number of aryl methyl sites for hydroxylation is 1. The first-order valence-electron chi connectivity index (χ1n) is 9.22. The molecule has 138 valence electrons. The molecule has 0 saturated carbocycles. The average molecular weight is 379 g/mol. The predicted octanol–water partition coefficient (Wildman–Crippen LogP) is 4.01. The summed E-state index contributed by atoms with van der Waals surface area (Å²) in [4.78, 5) is 2.77. The minimum absolute atomic E-state index is 0.0321. The maximum Gasteiger partial charge on any atom is 0.183 e. The number of sulfone groups is 1. The lowest BCUT2D eigenvalue weighted by molar-refractivity contribution is 0.325. The Hall–Kier alpha value is -2.37. The molecular weight excluding hydrogens is 358 g/mol. The number of hydrogen-bond donors (Lipinski definition) is 0. The highest BCUT2D eigenvalue weighted by Gasteiger charge is 2.50. The van der Waals surface area contributed by atoms with Crippen LogP contribution in [0.4, 0.5) is 0 Å². The third-order valence-electron chi connectivity index (χ3n) is 5.75. The van der Waals surface area contributed by atoms with Gasteiger partial charge in [0, 0.05) is 31.1 Å². The Morgan fingerprint density at radius 2 is 1.96 bits per heavy atom. The van der Waals surface area contributed by atoms with Crippen molar-refractivity contribution in [2.75, 3.05) is 13.1 Å². The summed E-state index contributed by atoms with van der Waals surface area (Å²) < 4.78 is 31.6. The van der Waals surface area contributed by atoms with E-state index in [1.165, 1.54) is 11.1 Å². The van der Waals surface area contributed by atoms with Crippen LogP contribution >= 0.6 is 0 Å². The smallest absolute Gasteiger partial charge is 0.183 e. The van der Waals surface area contributed by atoms with E-state index in [1.54, 1.807) is 12.3 Å². The van der Waals surface area contributed by atoms with E-state index < -0.39 is 9.84 Å². The van der Waals surface area contributed by atoms with Crippen molar-refractivity contribution in [2.45, 2.75) is 29.5 Å². The minimum Gasteiger partial charge on any atom is -0.464 e. The van der Waals surface area contributed by atoms with Gasteiger partial charge in [-0.1, -0.05) is 29.8 Å². The highest BCUT2D eigenvalue weighted by Crippen LogP contribution is 2.46. The van der Waals surface area contributed by atoms with Crippen molar-refractivity contribution in [3.8, 4) is 11.3 Å². The van der Waals surface area contributed by atoms with E-state index in [0.29, 0.717) is 11.4 Å². The lowest BCUT2D eigenvalue weighted by Gasteiger charge is -2.17. The summed E-state index contributed by atoms with van der Waals surface area (Å²) in [6.45, 7) is 4.23. The van der Waals surface area contributed by atoms with Gasteiger partial charge >= 0.3 is 0 Å². The van der Waals surface area contributed by atoms with Crippen LogP contribution in [0.3, 0.4) is 0 Å². The molecule has 0 aliphatic carbocycles. The lowest BCUT2D eigenvalue weighted by Crippen LogP contribution is -2.25. The monoisotopic (exact) mass is 379 g/mol. The molecule has 5 heteroatoms. The van der Waals surface area contributed by atoms with Gasteiger partial charge in [0.2, 0.25) is 0 Å². The first-order valence-corrected chi connectivity index (χ1v) is 10.8. The topological polar surface area (TPSA) is 50.5 Å². The van der Waals surface area contributed by atoms with Gasteiger partial charge in [-0.15, -0.1) is 0 Å². The molecule has 4 nitrogen and oxygen atoms in total. The number of furan rings is 1. The van der Waals surface area contributed by atoms with Gasteiger partial charge in [0.05, 0.1) is 16.4 Å². The summed E-state index contributed by atoms with van der Waals surface area (Å²) in [5.41, 5.74) is 4.34. The van der Waals surface area contributed by atoms with E-state index in [1.807, 2.05) is 24.3 Å². The van der Waals surface area contributed by atoms with E-state index in [0.717, 1.165) is 30.0 Å². The van der Waals surface area contributed by atoms with Crippen LogP contribution in [0.5, 0.6) is 0 Å². The number of fused-ring (bicyclic) bond motifs is 3. The van der Waals surface area contributed by atoms with Gasteiger partial charge in [-0.05, 0) is 48.4 Å². The number of likely N-dealkylation sites (tertiary alicyclic amines) is 1. The van der Waals surface area contributed by atoms with Crippen molar-refractivity contribution in [3.05, 3.63) is 77.6 Å². The predicted molar refractivity (Wildman–Crippen MR) is 104 cm³/mol. The molecule has 1 aromatic heterocycles. The van der Waals surface area contributed by atoms with E-state index in [4.69, 9.17) is 4.42 Å². The van der Waals surface area contributed by atoms with Crippen LogP contribution in [0.25, 0.3) is 11.3 Å². The molecule has 3 heterocycles. The van der Waals surface area contributed by atoms with Gasteiger partial charge in [0.25, 0.3) is 0 Å². The second kappa shape index (κ2) is 6.08. The van der Waals surface area contributed by atoms with Gasteiger partial charge < -0.3 is 4.42 Å². The lowest BCUT2D eigenvalue weighted by atomic mass is 9.96. The van der Waals surface area contributed by atoms with Crippen molar-refractivity contribution in [1.29, 1.82) is 0 Å². The second-order valence-corrected chi connectivity index (χ2v) is 9.74. The summed E-state index contributed by atoms with van der Waals surface area (Å²) in [5.74, 6) is 0.804. The van der Waals surface area contributed by atoms with Gasteiger partial charge in [-0.3, -0.25) is 4.90 Å². The zero-order chi connectivity index (χ0) is 18.6. The Labute approximate surface area is 159 Å².